The number of phenols is 1. The summed E-state index contributed by atoms with van der Waals surface area (Å²) < 4.78 is 2.79. The number of hydrogen-bond acceptors (Lipinski definition) is 3. The van der Waals surface area contributed by atoms with Crippen LogP contribution in [0.3, 0.4) is 0 Å². The molecule has 0 saturated carbocycles. The number of amides is 1. The molecule has 0 fully saturated rings. The molecule has 0 aliphatic heterocycles. The molecule has 0 aliphatic carbocycles. The van der Waals surface area contributed by atoms with Crippen molar-refractivity contribution in [2.45, 2.75) is 6.54 Å². The predicted molar refractivity (Wildman–Crippen MR) is 123 cm³/mol. The molecule has 5 nitrogen and oxygen atoms in total. The maximum absolute atomic E-state index is 12.3. The van der Waals surface area contributed by atoms with E-state index < -0.39 is 5.91 Å². The molecule has 1 heterocycles. The summed E-state index contributed by atoms with van der Waals surface area (Å²) in [7, 11) is 0. The maximum Gasteiger partial charge on any atom is 0.275 e. The largest absolute Gasteiger partial charge is 0.507 e. The fourth-order valence-electron chi connectivity index (χ4n) is 3.23. The van der Waals surface area contributed by atoms with Crippen molar-refractivity contribution in [3.8, 4) is 5.75 Å². The molecule has 0 bridgehead atoms. The number of benzene rings is 3. The van der Waals surface area contributed by atoms with E-state index in [-0.39, 0.29) is 11.3 Å². The van der Waals surface area contributed by atoms with Crippen molar-refractivity contribution in [3.63, 3.8) is 0 Å². The molecular weight excluding hydrogens is 466 g/mol. The molecule has 3 aromatic carbocycles. The smallest absolute Gasteiger partial charge is 0.275 e. The summed E-state index contributed by atoms with van der Waals surface area (Å²) >= 11 is 9.61. The van der Waals surface area contributed by atoms with Crippen LogP contribution in [-0.4, -0.2) is 21.8 Å². The van der Waals surface area contributed by atoms with E-state index in [2.05, 4.69) is 31.0 Å². The van der Waals surface area contributed by atoms with Crippen LogP contribution in [0.25, 0.3) is 10.9 Å². The Balaban J connectivity index is 1.59. The van der Waals surface area contributed by atoms with Crippen molar-refractivity contribution >= 4 is 50.6 Å². The Morgan fingerprint density at radius 2 is 1.90 bits per heavy atom. The standard InChI is InChI=1S/C23H17BrClN3O2/c24-17-9-10-22(29)19(11-17)23(30)27-26-12-16-14-28(21-8-4-2-6-18(16)21)13-15-5-1-3-7-20(15)25/h1-12,14,29H,13H2,(H,27,30)/b26-12-. The molecule has 1 aromatic heterocycles. The number of halogens is 2. The lowest BCUT2D eigenvalue weighted by Crippen LogP contribution is -2.17. The van der Waals surface area contributed by atoms with E-state index in [1.165, 1.54) is 12.1 Å². The Kier molecular flexibility index (Phi) is 5.88. The molecule has 4 aromatic rings. The third kappa shape index (κ3) is 4.25. The molecule has 30 heavy (non-hydrogen) atoms. The lowest BCUT2D eigenvalue weighted by atomic mass is 10.2. The van der Waals surface area contributed by atoms with Gasteiger partial charge in [0.25, 0.3) is 5.91 Å². The number of aromatic hydroxyl groups is 1. The first-order chi connectivity index (χ1) is 14.5. The Labute approximate surface area is 186 Å². The van der Waals surface area contributed by atoms with Gasteiger partial charge in [0.05, 0.1) is 11.8 Å². The van der Waals surface area contributed by atoms with Gasteiger partial charge in [-0.25, -0.2) is 5.43 Å². The number of rotatable bonds is 5. The SMILES string of the molecule is O=C(N/N=C\c1cn(Cc2ccccc2Cl)c2ccccc12)c1cc(Br)ccc1O. The van der Waals surface area contributed by atoms with E-state index in [0.29, 0.717) is 16.0 Å². The van der Waals surface area contributed by atoms with Gasteiger partial charge in [-0.05, 0) is 35.9 Å². The zero-order valence-corrected chi connectivity index (χ0v) is 18.1. The van der Waals surface area contributed by atoms with Crippen molar-refractivity contribution in [2.24, 2.45) is 5.10 Å². The Morgan fingerprint density at radius 1 is 1.13 bits per heavy atom. The number of phenolic OH excluding ortho intramolecular Hbond substituents is 1. The molecule has 0 saturated heterocycles. The molecule has 0 radical (unpaired) electrons. The normalized spacial score (nSPS) is 11.3. The number of hydrazone groups is 1. The van der Waals surface area contributed by atoms with Crippen LogP contribution in [-0.2, 0) is 6.54 Å². The highest BCUT2D eigenvalue weighted by Gasteiger charge is 2.12. The number of carbonyl (C=O) groups is 1. The first-order valence-corrected chi connectivity index (χ1v) is 10.3. The van der Waals surface area contributed by atoms with Gasteiger partial charge in [0.15, 0.2) is 0 Å². The summed E-state index contributed by atoms with van der Waals surface area (Å²) in [6.07, 6.45) is 3.57. The van der Waals surface area contributed by atoms with E-state index in [9.17, 15) is 9.90 Å². The number of carbonyl (C=O) groups excluding carboxylic acids is 1. The summed E-state index contributed by atoms with van der Waals surface area (Å²) in [5, 5.41) is 15.7. The summed E-state index contributed by atoms with van der Waals surface area (Å²) in [5.41, 5.74) is 5.52. The number of aromatic nitrogens is 1. The lowest BCUT2D eigenvalue weighted by molar-refractivity contribution is 0.0952. The highest BCUT2D eigenvalue weighted by atomic mass is 79.9. The van der Waals surface area contributed by atoms with Gasteiger partial charge in [0.2, 0.25) is 0 Å². The monoisotopic (exact) mass is 481 g/mol. The third-order valence-electron chi connectivity index (χ3n) is 4.69. The molecule has 4 rings (SSSR count). The highest BCUT2D eigenvalue weighted by molar-refractivity contribution is 9.10. The number of hydrogen-bond donors (Lipinski definition) is 2. The molecular formula is C23H17BrClN3O2. The Hall–Kier alpha value is -3.09. The second-order valence-electron chi connectivity index (χ2n) is 6.68. The number of fused-ring (bicyclic) bond motifs is 1. The van der Waals surface area contributed by atoms with E-state index >= 15 is 0 Å². The summed E-state index contributed by atoms with van der Waals surface area (Å²) in [6.45, 7) is 0.617. The first kappa shape index (κ1) is 20.2. The molecule has 150 valence electrons. The minimum atomic E-state index is -0.496. The van der Waals surface area contributed by atoms with Crippen LogP contribution in [0.5, 0.6) is 5.75 Å². The number of para-hydroxylation sites is 1. The average molecular weight is 483 g/mol. The summed E-state index contributed by atoms with van der Waals surface area (Å²) in [4.78, 5) is 12.3. The van der Waals surface area contributed by atoms with Crippen molar-refractivity contribution in [3.05, 3.63) is 99.1 Å². The van der Waals surface area contributed by atoms with Gasteiger partial charge >= 0.3 is 0 Å². The Bertz CT molecular complexity index is 1270. The first-order valence-electron chi connectivity index (χ1n) is 9.16. The van der Waals surface area contributed by atoms with Crippen LogP contribution in [0.2, 0.25) is 5.02 Å². The average Bonchev–Trinajstić information content (AvgIpc) is 3.09. The summed E-state index contributed by atoms with van der Waals surface area (Å²) in [6, 6.07) is 20.3. The van der Waals surface area contributed by atoms with Gasteiger partial charge in [-0.15, -0.1) is 0 Å². The van der Waals surface area contributed by atoms with E-state index in [4.69, 9.17) is 11.6 Å². The van der Waals surface area contributed by atoms with Crippen LogP contribution in [0.15, 0.2) is 82.5 Å². The van der Waals surface area contributed by atoms with Crippen molar-refractivity contribution < 1.29 is 9.90 Å². The second-order valence-corrected chi connectivity index (χ2v) is 8.00. The van der Waals surface area contributed by atoms with Gasteiger partial charge in [0.1, 0.15) is 5.75 Å². The van der Waals surface area contributed by atoms with Gasteiger partial charge < -0.3 is 9.67 Å². The third-order valence-corrected chi connectivity index (χ3v) is 5.55. The molecule has 2 N–H and O–H groups in total. The quantitative estimate of drug-likeness (QED) is 0.288. The fourth-order valence-corrected chi connectivity index (χ4v) is 3.79. The van der Waals surface area contributed by atoms with Crippen LogP contribution in [0, 0.1) is 0 Å². The van der Waals surface area contributed by atoms with Crippen LogP contribution < -0.4 is 5.43 Å². The molecule has 1 amide bonds. The highest BCUT2D eigenvalue weighted by Crippen LogP contribution is 2.24. The van der Waals surface area contributed by atoms with E-state index in [1.807, 2.05) is 54.7 Å². The molecule has 7 heteroatoms. The van der Waals surface area contributed by atoms with Gasteiger partial charge in [-0.2, -0.15) is 5.10 Å². The molecule has 0 unspecified atom stereocenters. The van der Waals surface area contributed by atoms with Crippen molar-refractivity contribution in [2.75, 3.05) is 0 Å². The van der Waals surface area contributed by atoms with Gasteiger partial charge in [0, 0.05) is 38.7 Å². The second kappa shape index (κ2) is 8.73. The number of nitrogens with zero attached hydrogens (tertiary/aromatic N) is 2. The predicted octanol–water partition coefficient (Wildman–Crippen LogP) is 5.58. The minimum Gasteiger partial charge on any atom is -0.507 e. The molecule has 0 atom stereocenters. The van der Waals surface area contributed by atoms with E-state index in [0.717, 1.165) is 22.0 Å². The van der Waals surface area contributed by atoms with Crippen molar-refractivity contribution in [1.29, 1.82) is 0 Å². The van der Waals surface area contributed by atoms with E-state index in [1.54, 1.807) is 12.3 Å². The molecule has 0 spiro atoms. The number of nitrogens with one attached hydrogen (secondary N) is 1. The zero-order valence-electron chi connectivity index (χ0n) is 15.7. The Morgan fingerprint density at radius 3 is 2.73 bits per heavy atom. The minimum absolute atomic E-state index is 0.109. The maximum atomic E-state index is 12.3. The summed E-state index contributed by atoms with van der Waals surface area (Å²) in [5.74, 6) is -0.605. The topological polar surface area (TPSA) is 66.6 Å². The van der Waals surface area contributed by atoms with Gasteiger partial charge in [-0.3, -0.25) is 4.79 Å². The zero-order chi connectivity index (χ0) is 21.1. The van der Waals surface area contributed by atoms with Gasteiger partial charge in [-0.1, -0.05) is 63.9 Å². The lowest BCUT2D eigenvalue weighted by Gasteiger charge is -2.07. The van der Waals surface area contributed by atoms with Crippen LogP contribution in [0.4, 0.5) is 0 Å². The fraction of sp³-hybridized carbons (Fsp3) is 0.0435. The van der Waals surface area contributed by atoms with Crippen LogP contribution in [0.1, 0.15) is 21.5 Å². The van der Waals surface area contributed by atoms with Crippen LogP contribution >= 0.6 is 27.5 Å². The van der Waals surface area contributed by atoms with Crippen molar-refractivity contribution in [1.82, 2.24) is 9.99 Å². The molecule has 0 aliphatic rings.